The van der Waals surface area contributed by atoms with Gasteiger partial charge in [-0.1, -0.05) is 34.5 Å². The van der Waals surface area contributed by atoms with Gasteiger partial charge >= 0.3 is 0 Å². The van der Waals surface area contributed by atoms with E-state index in [1.165, 1.54) is 0 Å². The van der Waals surface area contributed by atoms with Crippen molar-refractivity contribution in [2.75, 3.05) is 11.9 Å². The van der Waals surface area contributed by atoms with E-state index in [1.54, 1.807) is 6.07 Å². The first-order valence-electron chi connectivity index (χ1n) is 6.88. The van der Waals surface area contributed by atoms with Gasteiger partial charge in [0.05, 0.1) is 18.0 Å². The van der Waals surface area contributed by atoms with E-state index in [1.807, 2.05) is 25.1 Å². The number of benzene rings is 1. The standard InChI is InChI=1S/C16H18BrClN2O/c1-3-8-21-15-6-4-13(17)9-12(15)10-19-14-5-7-16(18)20-11(14)2/h4-7,9,19H,3,8,10H2,1-2H3. The fourth-order valence-electron chi connectivity index (χ4n) is 1.95. The van der Waals surface area contributed by atoms with E-state index in [0.29, 0.717) is 11.7 Å². The van der Waals surface area contributed by atoms with Crippen LogP contribution in [-0.4, -0.2) is 11.6 Å². The number of pyridine rings is 1. The number of aromatic nitrogens is 1. The molecule has 2 aromatic rings. The van der Waals surface area contributed by atoms with Crippen LogP contribution in [0, 0.1) is 6.92 Å². The zero-order valence-electron chi connectivity index (χ0n) is 12.1. The number of nitrogens with zero attached hydrogens (tertiary/aromatic N) is 1. The van der Waals surface area contributed by atoms with Crippen molar-refractivity contribution in [1.29, 1.82) is 0 Å². The molecule has 1 aromatic carbocycles. The minimum atomic E-state index is 0.507. The normalized spacial score (nSPS) is 10.5. The second kappa shape index (κ2) is 7.66. The molecule has 0 saturated heterocycles. The van der Waals surface area contributed by atoms with E-state index in [9.17, 15) is 0 Å². The molecule has 21 heavy (non-hydrogen) atoms. The summed E-state index contributed by atoms with van der Waals surface area (Å²) in [4.78, 5) is 4.24. The summed E-state index contributed by atoms with van der Waals surface area (Å²) < 4.78 is 6.82. The van der Waals surface area contributed by atoms with Crippen LogP contribution in [0.4, 0.5) is 5.69 Å². The van der Waals surface area contributed by atoms with Gasteiger partial charge in [0.2, 0.25) is 0 Å². The molecule has 3 nitrogen and oxygen atoms in total. The van der Waals surface area contributed by atoms with Crippen molar-refractivity contribution in [1.82, 2.24) is 4.98 Å². The number of nitrogens with one attached hydrogen (secondary N) is 1. The minimum absolute atomic E-state index is 0.507. The van der Waals surface area contributed by atoms with Crippen LogP contribution in [0.2, 0.25) is 5.15 Å². The molecule has 0 radical (unpaired) electrons. The molecule has 0 fully saturated rings. The molecule has 0 amide bonds. The van der Waals surface area contributed by atoms with Gasteiger partial charge in [-0.3, -0.25) is 0 Å². The van der Waals surface area contributed by atoms with Crippen molar-refractivity contribution >= 4 is 33.2 Å². The lowest BCUT2D eigenvalue weighted by molar-refractivity contribution is 0.314. The van der Waals surface area contributed by atoms with Crippen LogP contribution >= 0.6 is 27.5 Å². The highest BCUT2D eigenvalue weighted by molar-refractivity contribution is 9.10. The van der Waals surface area contributed by atoms with Crippen LogP contribution < -0.4 is 10.1 Å². The Hall–Kier alpha value is -1.26. The molecule has 2 rings (SSSR count). The third-order valence-corrected chi connectivity index (χ3v) is 3.71. The van der Waals surface area contributed by atoms with Crippen molar-refractivity contribution in [2.24, 2.45) is 0 Å². The predicted molar refractivity (Wildman–Crippen MR) is 91.2 cm³/mol. The second-order valence-electron chi connectivity index (χ2n) is 4.72. The maximum absolute atomic E-state index is 5.87. The molecule has 0 aliphatic carbocycles. The Bertz CT molecular complexity index is 619. The molecule has 0 atom stereocenters. The molecule has 1 heterocycles. The van der Waals surface area contributed by atoms with Gasteiger partial charge in [-0.2, -0.15) is 0 Å². The summed E-state index contributed by atoms with van der Waals surface area (Å²) in [6.07, 6.45) is 0.989. The topological polar surface area (TPSA) is 34.1 Å². The monoisotopic (exact) mass is 368 g/mol. The molecule has 0 aliphatic heterocycles. The Balaban J connectivity index is 2.12. The number of aryl methyl sites for hydroxylation is 1. The van der Waals surface area contributed by atoms with Crippen molar-refractivity contribution < 1.29 is 4.74 Å². The first kappa shape index (κ1) is 16.1. The van der Waals surface area contributed by atoms with Crippen molar-refractivity contribution in [3.63, 3.8) is 0 Å². The smallest absolute Gasteiger partial charge is 0.129 e. The van der Waals surface area contributed by atoms with Crippen LogP contribution in [0.3, 0.4) is 0 Å². The van der Waals surface area contributed by atoms with E-state index >= 15 is 0 Å². The van der Waals surface area contributed by atoms with Crippen molar-refractivity contribution in [2.45, 2.75) is 26.8 Å². The van der Waals surface area contributed by atoms with Gasteiger partial charge in [0, 0.05) is 16.6 Å². The van der Waals surface area contributed by atoms with Crippen molar-refractivity contribution in [3.05, 3.63) is 51.2 Å². The molecular formula is C16H18BrClN2O. The largest absolute Gasteiger partial charge is 0.493 e. The molecule has 112 valence electrons. The Labute approximate surface area is 138 Å². The van der Waals surface area contributed by atoms with Gasteiger partial charge < -0.3 is 10.1 Å². The molecule has 0 aliphatic rings. The van der Waals surface area contributed by atoms with Crippen molar-refractivity contribution in [3.8, 4) is 5.75 Å². The summed E-state index contributed by atoms with van der Waals surface area (Å²) in [5.41, 5.74) is 2.96. The van der Waals surface area contributed by atoms with Crippen LogP contribution in [0.15, 0.2) is 34.8 Å². The number of hydrogen-bond acceptors (Lipinski definition) is 3. The van der Waals surface area contributed by atoms with Gasteiger partial charge in [-0.15, -0.1) is 0 Å². The maximum atomic E-state index is 5.87. The highest BCUT2D eigenvalue weighted by Crippen LogP contribution is 2.25. The molecular weight excluding hydrogens is 352 g/mol. The quantitative estimate of drug-likeness (QED) is 0.710. The summed E-state index contributed by atoms with van der Waals surface area (Å²) >= 11 is 9.37. The van der Waals surface area contributed by atoms with Gasteiger partial charge in [0.15, 0.2) is 0 Å². The Kier molecular flexibility index (Phi) is 5.88. The highest BCUT2D eigenvalue weighted by atomic mass is 79.9. The molecule has 1 aromatic heterocycles. The molecule has 1 N–H and O–H groups in total. The van der Waals surface area contributed by atoms with Gasteiger partial charge in [-0.05, 0) is 43.7 Å². The van der Waals surface area contributed by atoms with E-state index < -0.39 is 0 Å². The van der Waals surface area contributed by atoms with E-state index in [2.05, 4.69) is 39.2 Å². The molecule has 0 spiro atoms. The summed E-state index contributed by atoms with van der Waals surface area (Å²) in [5.74, 6) is 0.909. The molecule has 0 unspecified atom stereocenters. The fraction of sp³-hybridized carbons (Fsp3) is 0.312. The SMILES string of the molecule is CCCOc1ccc(Br)cc1CNc1ccc(Cl)nc1C. The Morgan fingerprint density at radius 3 is 2.81 bits per heavy atom. The summed E-state index contributed by atoms with van der Waals surface area (Å²) in [6, 6.07) is 9.77. The first-order valence-corrected chi connectivity index (χ1v) is 8.05. The predicted octanol–water partition coefficient (Wildman–Crippen LogP) is 5.21. The average Bonchev–Trinajstić information content (AvgIpc) is 2.45. The lowest BCUT2D eigenvalue weighted by Crippen LogP contribution is -2.05. The van der Waals surface area contributed by atoms with Gasteiger partial charge in [0.25, 0.3) is 0 Å². The number of ether oxygens (including phenoxy) is 1. The number of hydrogen-bond donors (Lipinski definition) is 1. The maximum Gasteiger partial charge on any atom is 0.129 e. The number of rotatable bonds is 6. The summed E-state index contributed by atoms with van der Waals surface area (Å²) in [6.45, 7) is 5.42. The fourth-order valence-corrected chi connectivity index (χ4v) is 2.54. The Morgan fingerprint density at radius 2 is 2.10 bits per heavy atom. The summed E-state index contributed by atoms with van der Waals surface area (Å²) in [5, 5.41) is 3.89. The summed E-state index contributed by atoms with van der Waals surface area (Å²) in [7, 11) is 0. The molecule has 0 bridgehead atoms. The second-order valence-corrected chi connectivity index (χ2v) is 6.02. The van der Waals surface area contributed by atoms with E-state index in [0.717, 1.165) is 40.2 Å². The zero-order chi connectivity index (χ0) is 15.2. The third-order valence-electron chi connectivity index (χ3n) is 3.01. The highest BCUT2D eigenvalue weighted by Gasteiger charge is 2.06. The van der Waals surface area contributed by atoms with Gasteiger partial charge in [-0.25, -0.2) is 4.98 Å². The lowest BCUT2D eigenvalue weighted by Gasteiger charge is -2.14. The molecule has 0 saturated carbocycles. The van der Waals surface area contributed by atoms with Crippen LogP contribution in [0.25, 0.3) is 0 Å². The third kappa shape index (κ3) is 4.61. The van der Waals surface area contributed by atoms with E-state index in [4.69, 9.17) is 16.3 Å². The van der Waals surface area contributed by atoms with E-state index in [-0.39, 0.29) is 0 Å². The average molecular weight is 370 g/mol. The lowest BCUT2D eigenvalue weighted by atomic mass is 10.2. The number of anilines is 1. The zero-order valence-corrected chi connectivity index (χ0v) is 14.5. The first-order chi connectivity index (χ1) is 10.1. The van der Waals surface area contributed by atoms with Crippen LogP contribution in [0.1, 0.15) is 24.6 Å². The van der Waals surface area contributed by atoms with Crippen LogP contribution in [-0.2, 0) is 6.54 Å². The molecule has 5 heteroatoms. The van der Waals surface area contributed by atoms with Gasteiger partial charge in [0.1, 0.15) is 10.9 Å². The van der Waals surface area contributed by atoms with Crippen LogP contribution in [0.5, 0.6) is 5.75 Å². The number of halogens is 2. The minimum Gasteiger partial charge on any atom is -0.493 e. The Morgan fingerprint density at radius 1 is 1.29 bits per heavy atom.